The van der Waals surface area contributed by atoms with Gasteiger partial charge in [0.1, 0.15) is 0 Å². The fourth-order valence-corrected chi connectivity index (χ4v) is 2.55. The predicted molar refractivity (Wildman–Crippen MR) is 68.3 cm³/mol. The maximum Gasteiger partial charge on any atom is 0.159 e. The summed E-state index contributed by atoms with van der Waals surface area (Å²) in [7, 11) is 0. The van der Waals surface area contributed by atoms with Crippen molar-refractivity contribution in [1.29, 1.82) is 0 Å². The van der Waals surface area contributed by atoms with Crippen LogP contribution in [0.3, 0.4) is 0 Å². The second kappa shape index (κ2) is 6.25. The van der Waals surface area contributed by atoms with Crippen LogP contribution in [0.25, 0.3) is 0 Å². The molecule has 2 rings (SSSR count). The fourth-order valence-electron chi connectivity index (χ4n) is 2.55. The molecule has 1 aliphatic heterocycles. The van der Waals surface area contributed by atoms with Crippen LogP contribution in [0.4, 0.5) is 8.78 Å². The number of benzene rings is 1. The van der Waals surface area contributed by atoms with Gasteiger partial charge in [0, 0.05) is 19.1 Å². The van der Waals surface area contributed by atoms with Crippen molar-refractivity contribution in [2.75, 3.05) is 19.6 Å². The van der Waals surface area contributed by atoms with Gasteiger partial charge in [0.05, 0.1) is 0 Å². The molecule has 100 valence electrons. The highest BCUT2D eigenvalue weighted by atomic mass is 19.2. The molecule has 0 radical (unpaired) electrons. The van der Waals surface area contributed by atoms with Gasteiger partial charge in [0.25, 0.3) is 0 Å². The third-order valence-corrected chi connectivity index (χ3v) is 3.39. The maximum absolute atomic E-state index is 13.1. The third kappa shape index (κ3) is 3.50. The van der Waals surface area contributed by atoms with E-state index in [1.807, 2.05) is 0 Å². The minimum absolute atomic E-state index is 0.522. The zero-order valence-electron chi connectivity index (χ0n) is 10.8. The maximum atomic E-state index is 13.1. The quantitative estimate of drug-likeness (QED) is 0.888. The number of nitrogens with one attached hydrogen (secondary N) is 1. The van der Waals surface area contributed by atoms with E-state index in [-0.39, 0.29) is 0 Å². The molecule has 18 heavy (non-hydrogen) atoms. The van der Waals surface area contributed by atoms with E-state index in [1.165, 1.54) is 18.6 Å². The van der Waals surface area contributed by atoms with Crippen molar-refractivity contribution in [2.45, 2.75) is 32.4 Å². The van der Waals surface area contributed by atoms with E-state index in [1.54, 1.807) is 6.07 Å². The van der Waals surface area contributed by atoms with E-state index in [9.17, 15) is 8.78 Å². The van der Waals surface area contributed by atoms with Crippen LogP contribution in [0.2, 0.25) is 0 Å². The van der Waals surface area contributed by atoms with E-state index < -0.39 is 11.6 Å². The van der Waals surface area contributed by atoms with Crippen molar-refractivity contribution in [3.63, 3.8) is 0 Å². The molecule has 1 aliphatic rings. The molecule has 1 N–H and O–H groups in total. The molecule has 1 aromatic carbocycles. The minimum atomic E-state index is -0.775. The van der Waals surface area contributed by atoms with Gasteiger partial charge in [0.15, 0.2) is 11.6 Å². The van der Waals surface area contributed by atoms with Gasteiger partial charge in [-0.15, -0.1) is 0 Å². The number of piperidine rings is 1. The molecule has 0 saturated carbocycles. The van der Waals surface area contributed by atoms with Crippen molar-refractivity contribution >= 4 is 0 Å². The van der Waals surface area contributed by atoms with Crippen LogP contribution in [0, 0.1) is 11.6 Å². The third-order valence-electron chi connectivity index (χ3n) is 3.39. The zero-order chi connectivity index (χ0) is 13.0. The number of rotatable bonds is 4. The summed E-state index contributed by atoms with van der Waals surface area (Å²) in [6.07, 6.45) is 2.35. The molecular weight excluding hydrogens is 234 g/mol. The lowest BCUT2D eigenvalue weighted by atomic mass is 10.0. The molecule has 4 heteroatoms. The number of likely N-dealkylation sites (tertiary alicyclic amines) is 1. The lowest BCUT2D eigenvalue weighted by molar-refractivity contribution is 0.184. The summed E-state index contributed by atoms with van der Waals surface area (Å²) in [5.74, 6) is -1.53. The molecule has 2 nitrogen and oxygen atoms in total. The first-order valence-electron chi connectivity index (χ1n) is 6.58. The highest BCUT2D eigenvalue weighted by Gasteiger charge is 2.19. The Labute approximate surface area is 107 Å². The second-order valence-corrected chi connectivity index (χ2v) is 4.88. The molecule has 1 aromatic rings. The van der Waals surface area contributed by atoms with Gasteiger partial charge in [-0.1, -0.05) is 13.0 Å². The topological polar surface area (TPSA) is 15.3 Å². The molecule has 0 aliphatic carbocycles. The summed E-state index contributed by atoms with van der Waals surface area (Å²) in [4.78, 5) is 2.30. The lowest BCUT2D eigenvalue weighted by Crippen LogP contribution is -2.45. The molecule has 1 saturated heterocycles. The van der Waals surface area contributed by atoms with Crippen molar-refractivity contribution in [3.05, 3.63) is 35.4 Å². The summed E-state index contributed by atoms with van der Waals surface area (Å²) in [5.41, 5.74) is 0.839. The fraction of sp³-hybridized carbons (Fsp3) is 0.571. The first-order chi connectivity index (χ1) is 8.69. The predicted octanol–water partition coefficient (Wildman–Crippen LogP) is 2.54. The molecule has 1 heterocycles. The van der Waals surface area contributed by atoms with Gasteiger partial charge in [0.2, 0.25) is 0 Å². The lowest BCUT2D eigenvalue weighted by Gasteiger charge is -2.33. The summed E-state index contributed by atoms with van der Waals surface area (Å²) >= 11 is 0. The van der Waals surface area contributed by atoms with Crippen molar-refractivity contribution in [3.8, 4) is 0 Å². The average molecular weight is 254 g/mol. The first-order valence-corrected chi connectivity index (χ1v) is 6.58. The largest absolute Gasteiger partial charge is 0.313 e. The Morgan fingerprint density at radius 2 is 2.17 bits per heavy atom. The summed E-state index contributed by atoms with van der Waals surface area (Å²) in [6, 6.07) is 4.69. The number of likely N-dealkylation sites (N-methyl/N-ethyl adjacent to an activating group) is 1. The van der Waals surface area contributed by atoms with Crippen LogP contribution in [0.1, 0.15) is 25.3 Å². The molecular formula is C14H20F2N2. The highest BCUT2D eigenvalue weighted by molar-refractivity contribution is 5.17. The molecule has 0 aromatic heterocycles. The molecule has 1 unspecified atom stereocenters. The van der Waals surface area contributed by atoms with E-state index >= 15 is 0 Å². The first kappa shape index (κ1) is 13.4. The zero-order valence-corrected chi connectivity index (χ0v) is 10.8. The number of hydrogen-bond acceptors (Lipinski definition) is 2. The van der Waals surface area contributed by atoms with Gasteiger partial charge in [-0.25, -0.2) is 8.78 Å². The van der Waals surface area contributed by atoms with Gasteiger partial charge in [-0.2, -0.15) is 0 Å². The molecule has 0 bridgehead atoms. The Morgan fingerprint density at radius 3 is 2.89 bits per heavy atom. The van der Waals surface area contributed by atoms with Crippen molar-refractivity contribution in [1.82, 2.24) is 10.2 Å². The smallest absolute Gasteiger partial charge is 0.159 e. The Balaban J connectivity index is 1.93. The van der Waals surface area contributed by atoms with E-state index in [2.05, 4.69) is 17.1 Å². The van der Waals surface area contributed by atoms with Crippen LogP contribution in [-0.2, 0) is 6.54 Å². The number of halogens is 2. The van der Waals surface area contributed by atoms with Crippen LogP contribution in [0.15, 0.2) is 18.2 Å². The minimum Gasteiger partial charge on any atom is -0.313 e. The SMILES string of the molecule is CCNC1CCCN(Cc2ccc(F)c(F)c2)C1. The number of hydrogen-bond donors (Lipinski definition) is 1. The average Bonchev–Trinajstić information content (AvgIpc) is 2.35. The molecule has 1 fully saturated rings. The summed E-state index contributed by atoms with van der Waals surface area (Å²) in [6.45, 7) is 5.78. The van der Waals surface area contributed by atoms with Crippen molar-refractivity contribution < 1.29 is 8.78 Å². The van der Waals surface area contributed by atoms with Gasteiger partial charge >= 0.3 is 0 Å². The van der Waals surface area contributed by atoms with Crippen LogP contribution in [0.5, 0.6) is 0 Å². The van der Waals surface area contributed by atoms with Crippen LogP contribution in [-0.4, -0.2) is 30.6 Å². The normalized spacial score (nSPS) is 21.2. The van der Waals surface area contributed by atoms with Crippen LogP contribution >= 0.6 is 0 Å². The summed E-state index contributed by atoms with van der Waals surface area (Å²) in [5, 5.41) is 3.44. The highest BCUT2D eigenvalue weighted by Crippen LogP contribution is 2.15. The molecule has 0 amide bonds. The van der Waals surface area contributed by atoms with Gasteiger partial charge < -0.3 is 5.32 Å². The molecule has 0 spiro atoms. The van der Waals surface area contributed by atoms with E-state index in [4.69, 9.17) is 0 Å². The standard InChI is InChI=1S/C14H20F2N2/c1-2-17-12-4-3-7-18(10-12)9-11-5-6-13(15)14(16)8-11/h5-6,8,12,17H,2-4,7,9-10H2,1H3. The van der Waals surface area contributed by atoms with Gasteiger partial charge in [-0.3, -0.25) is 4.90 Å². The molecule has 1 atom stereocenters. The Kier molecular flexibility index (Phi) is 4.66. The van der Waals surface area contributed by atoms with E-state index in [0.717, 1.165) is 31.6 Å². The Bertz CT molecular complexity index is 393. The number of nitrogens with zero attached hydrogens (tertiary/aromatic N) is 1. The Hall–Kier alpha value is -1.00. The van der Waals surface area contributed by atoms with E-state index in [0.29, 0.717) is 12.6 Å². The van der Waals surface area contributed by atoms with Crippen molar-refractivity contribution in [2.24, 2.45) is 0 Å². The van der Waals surface area contributed by atoms with Gasteiger partial charge in [-0.05, 0) is 43.6 Å². The monoisotopic (exact) mass is 254 g/mol. The Morgan fingerprint density at radius 1 is 1.33 bits per heavy atom. The summed E-state index contributed by atoms with van der Waals surface area (Å²) < 4.78 is 26.0. The second-order valence-electron chi connectivity index (χ2n) is 4.88. The van der Waals surface area contributed by atoms with Crippen LogP contribution < -0.4 is 5.32 Å².